The molecule has 0 unspecified atom stereocenters. The zero-order valence-corrected chi connectivity index (χ0v) is 19.8. The van der Waals surface area contributed by atoms with Crippen LogP contribution in [0.1, 0.15) is 51.0 Å². The highest BCUT2D eigenvalue weighted by molar-refractivity contribution is 7.89. The molecule has 174 valence electrons. The Morgan fingerprint density at radius 3 is 2.16 bits per heavy atom. The van der Waals surface area contributed by atoms with Crippen LogP contribution in [0.2, 0.25) is 0 Å². The molecule has 10 heteroatoms. The molecule has 0 aliphatic carbocycles. The molecule has 0 bridgehead atoms. The van der Waals surface area contributed by atoms with Gasteiger partial charge >= 0.3 is 0 Å². The predicted octanol–water partition coefficient (Wildman–Crippen LogP) is 1.72. The van der Waals surface area contributed by atoms with Crippen LogP contribution in [0.5, 0.6) is 0 Å². The maximum atomic E-state index is 12.7. The fraction of sp³-hybridized carbons (Fsp3) is 0.667. The van der Waals surface area contributed by atoms with Crippen molar-refractivity contribution >= 4 is 26.0 Å². The summed E-state index contributed by atoms with van der Waals surface area (Å²) in [6, 6.07) is 6.46. The molecule has 0 aromatic heterocycles. The first kappa shape index (κ1) is 24.2. The Kier molecular flexibility index (Phi) is 8.12. The molecule has 2 saturated heterocycles. The highest BCUT2D eigenvalue weighted by Gasteiger charge is 2.27. The highest BCUT2D eigenvalue weighted by Crippen LogP contribution is 2.21. The molecule has 1 aromatic carbocycles. The third kappa shape index (κ3) is 6.50. The minimum absolute atomic E-state index is 0.0264. The van der Waals surface area contributed by atoms with Gasteiger partial charge in [-0.05, 0) is 49.8 Å². The van der Waals surface area contributed by atoms with Crippen LogP contribution in [-0.2, 0) is 31.3 Å². The number of nitrogens with zero attached hydrogens (tertiary/aromatic N) is 2. The van der Waals surface area contributed by atoms with Gasteiger partial charge in [0.05, 0.1) is 17.1 Å². The van der Waals surface area contributed by atoms with Crippen molar-refractivity contribution in [1.29, 1.82) is 0 Å². The van der Waals surface area contributed by atoms with Crippen LogP contribution in [0.15, 0.2) is 29.2 Å². The fourth-order valence-corrected chi connectivity index (χ4v) is 7.06. The monoisotopic (exact) mass is 471 g/mol. The Balaban J connectivity index is 1.52. The van der Waals surface area contributed by atoms with Crippen molar-refractivity contribution < 1.29 is 21.6 Å². The van der Waals surface area contributed by atoms with E-state index < -0.39 is 20.0 Å². The summed E-state index contributed by atoms with van der Waals surface area (Å²) in [6.07, 6.45) is 4.82. The fourth-order valence-electron chi connectivity index (χ4n) is 4.15. The van der Waals surface area contributed by atoms with E-state index in [1.54, 1.807) is 29.2 Å². The number of hydrogen-bond acceptors (Lipinski definition) is 5. The smallest absolute Gasteiger partial charge is 0.243 e. The molecule has 2 fully saturated rings. The number of sulfonamides is 2. The van der Waals surface area contributed by atoms with Crippen molar-refractivity contribution in [3.8, 4) is 0 Å². The van der Waals surface area contributed by atoms with Crippen LogP contribution in [0.25, 0.3) is 0 Å². The maximum Gasteiger partial charge on any atom is 0.243 e. The lowest BCUT2D eigenvalue weighted by atomic mass is 10.0. The van der Waals surface area contributed by atoms with E-state index in [2.05, 4.69) is 4.72 Å². The zero-order chi connectivity index (χ0) is 22.5. The number of amides is 1. The highest BCUT2D eigenvalue weighted by atomic mass is 32.2. The van der Waals surface area contributed by atoms with Crippen LogP contribution >= 0.6 is 0 Å². The van der Waals surface area contributed by atoms with Gasteiger partial charge < -0.3 is 4.90 Å². The molecule has 8 nitrogen and oxygen atoms in total. The summed E-state index contributed by atoms with van der Waals surface area (Å²) in [5, 5.41) is 0. The molecule has 2 aliphatic rings. The summed E-state index contributed by atoms with van der Waals surface area (Å²) < 4.78 is 53.6. The van der Waals surface area contributed by atoms with Crippen LogP contribution in [0, 0.1) is 0 Å². The number of nitrogens with one attached hydrogen (secondary N) is 1. The molecule has 1 amide bonds. The molecular weight excluding hydrogens is 438 g/mol. The van der Waals surface area contributed by atoms with E-state index in [1.165, 1.54) is 4.31 Å². The van der Waals surface area contributed by atoms with Gasteiger partial charge in [0.1, 0.15) is 0 Å². The summed E-state index contributed by atoms with van der Waals surface area (Å²) in [5.74, 6) is 0.0943. The first-order valence-electron chi connectivity index (χ1n) is 11.1. The number of piperidine rings is 2. The SMILES string of the molecule is CCCS(=O)(=O)NC1CCN(C(=O)Cc2ccc(S(=O)(=O)N3CCCCC3)cc2)CC1. The molecule has 0 atom stereocenters. The largest absolute Gasteiger partial charge is 0.342 e. The molecular formula is C21H33N3O5S2. The molecule has 0 radical (unpaired) electrons. The van der Waals surface area contributed by atoms with Gasteiger partial charge in [-0.15, -0.1) is 0 Å². The third-order valence-corrected chi connectivity index (χ3v) is 9.45. The molecule has 1 aromatic rings. The Labute approximate surface area is 186 Å². The second-order valence-corrected chi connectivity index (χ2v) is 12.2. The first-order chi connectivity index (χ1) is 14.7. The van der Waals surface area contributed by atoms with Gasteiger partial charge in [0, 0.05) is 32.2 Å². The van der Waals surface area contributed by atoms with Crippen molar-refractivity contribution in [1.82, 2.24) is 13.9 Å². The standard InChI is InChI=1S/C21H33N3O5S2/c1-2-16-30(26,27)22-19-10-14-23(15-11-19)21(25)17-18-6-8-20(9-7-18)31(28,29)24-12-4-3-5-13-24/h6-9,19,22H,2-5,10-17H2,1H3. The van der Waals surface area contributed by atoms with Gasteiger partial charge in [-0.3, -0.25) is 4.79 Å². The van der Waals surface area contributed by atoms with Gasteiger partial charge in [-0.25, -0.2) is 21.6 Å². The quantitative estimate of drug-likeness (QED) is 0.622. The van der Waals surface area contributed by atoms with Crippen molar-refractivity contribution in [2.24, 2.45) is 0 Å². The molecule has 31 heavy (non-hydrogen) atoms. The van der Waals surface area contributed by atoms with Gasteiger partial charge in [-0.2, -0.15) is 4.31 Å². The van der Waals surface area contributed by atoms with E-state index in [0.29, 0.717) is 45.4 Å². The van der Waals surface area contributed by atoms with E-state index in [9.17, 15) is 21.6 Å². The molecule has 0 saturated carbocycles. The van der Waals surface area contributed by atoms with Crippen LogP contribution in [0.3, 0.4) is 0 Å². The molecule has 2 heterocycles. The summed E-state index contributed by atoms with van der Waals surface area (Å²) >= 11 is 0. The lowest BCUT2D eigenvalue weighted by molar-refractivity contribution is -0.131. The average molecular weight is 472 g/mol. The second-order valence-electron chi connectivity index (χ2n) is 8.38. The summed E-state index contributed by atoms with van der Waals surface area (Å²) in [7, 11) is -6.72. The Morgan fingerprint density at radius 1 is 0.968 bits per heavy atom. The number of benzene rings is 1. The molecule has 1 N–H and O–H groups in total. The van der Waals surface area contributed by atoms with Crippen molar-refractivity contribution in [3.63, 3.8) is 0 Å². The number of carbonyl (C=O) groups is 1. The normalized spacial score (nSPS) is 19.5. The van der Waals surface area contributed by atoms with Crippen LogP contribution < -0.4 is 4.72 Å². The van der Waals surface area contributed by atoms with Gasteiger partial charge in [-0.1, -0.05) is 25.5 Å². The molecule has 0 spiro atoms. The topological polar surface area (TPSA) is 104 Å². The summed E-state index contributed by atoms with van der Waals surface area (Å²) in [5.41, 5.74) is 0.772. The first-order valence-corrected chi connectivity index (χ1v) is 14.2. The van der Waals surface area contributed by atoms with E-state index in [1.807, 2.05) is 6.92 Å². The zero-order valence-electron chi connectivity index (χ0n) is 18.1. The van der Waals surface area contributed by atoms with Crippen molar-refractivity contribution in [3.05, 3.63) is 29.8 Å². The third-order valence-electron chi connectivity index (χ3n) is 5.90. The van der Waals surface area contributed by atoms with E-state index in [4.69, 9.17) is 0 Å². The lowest BCUT2D eigenvalue weighted by Gasteiger charge is -2.32. The second kappa shape index (κ2) is 10.4. The van der Waals surface area contributed by atoms with Gasteiger partial charge in [0.25, 0.3) is 0 Å². The lowest BCUT2D eigenvalue weighted by Crippen LogP contribution is -2.47. The number of likely N-dealkylation sites (tertiary alicyclic amines) is 1. The molecule has 3 rings (SSSR count). The minimum atomic E-state index is -3.47. The Hall–Kier alpha value is -1.49. The Morgan fingerprint density at radius 2 is 1.58 bits per heavy atom. The summed E-state index contributed by atoms with van der Waals surface area (Å²) in [4.78, 5) is 14.7. The number of carbonyl (C=O) groups excluding carboxylic acids is 1. The van der Waals surface area contributed by atoms with E-state index >= 15 is 0 Å². The van der Waals surface area contributed by atoms with Crippen molar-refractivity contribution in [2.45, 2.75) is 62.8 Å². The predicted molar refractivity (Wildman–Crippen MR) is 120 cm³/mol. The van der Waals surface area contributed by atoms with Gasteiger partial charge in [0.15, 0.2) is 0 Å². The van der Waals surface area contributed by atoms with Crippen LogP contribution in [0.4, 0.5) is 0 Å². The van der Waals surface area contributed by atoms with E-state index in [-0.39, 0.29) is 29.0 Å². The van der Waals surface area contributed by atoms with Crippen LogP contribution in [-0.4, -0.2) is 69.9 Å². The summed E-state index contributed by atoms with van der Waals surface area (Å²) in [6.45, 7) is 3.98. The van der Waals surface area contributed by atoms with Gasteiger partial charge in [0.2, 0.25) is 26.0 Å². The molecule has 2 aliphatic heterocycles. The average Bonchev–Trinajstić information content (AvgIpc) is 2.75. The maximum absolute atomic E-state index is 12.7. The number of rotatable bonds is 8. The number of hydrogen-bond donors (Lipinski definition) is 1. The minimum Gasteiger partial charge on any atom is -0.342 e. The van der Waals surface area contributed by atoms with Crippen molar-refractivity contribution in [2.75, 3.05) is 31.9 Å². The Bertz CT molecular complexity index is 947. The van der Waals surface area contributed by atoms with E-state index in [0.717, 1.165) is 24.8 Å².